The first kappa shape index (κ1) is 18.3. The average molecular weight is 328 g/mol. The molecule has 3 amide bonds. The number of ether oxygens (including phenoxy) is 1. The standard InChI is InChI=1S/C15H22ClN3O3/c1-3-11(10-22-2)19-15(21)18-9-8-17-14(20)12-6-4-5-7-13(12)16/h4-7,11H,3,8-10H2,1-2H3,(H,17,20)(H2,18,19,21). The van der Waals surface area contributed by atoms with Crippen LogP contribution in [0.25, 0.3) is 0 Å². The minimum absolute atomic E-state index is 0.0253. The SMILES string of the molecule is CCC(COC)NC(=O)NCCNC(=O)c1ccccc1Cl. The van der Waals surface area contributed by atoms with Crippen LogP contribution in [0.4, 0.5) is 4.79 Å². The molecule has 0 aromatic heterocycles. The lowest BCUT2D eigenvalue weighted by Gasteiger charge is -2.16. The van der Waals surface area contributed by atoms with E-state index in [1.165, 1.54) is 0 Å². The Morgan fingerprint density at radius 2 is 1.91 bits per heavy atom. The molecule has 0 radical (unpaired) electrons. The number of carbonyl (C=O) groups excluding carboxylic acids is 2. The molecular formula is C15H22ClN3O3. The van der Waals surface area contributed by atoms with Gasteiger partial charge in [-0.05, 0) is 18.6 Å². The van der Waals surface area contributed by atoms with Gasteiger partial charge in [-0.15, -0.1) is 0 Å². The molecule has 0 aliphatic rings. The zero-order chi connectivity index (χ0) is 16.4. The predicted molar refractivity (Wildman–Crippen MR) is 86.3 cm³/mol. The van der Waals surface area contributed by atoms with Gasteiger partial charge in [0.15, 0.2) is 0 Å². The van der Waals surface area contributed by atoms with E-state index in [1.807, 2.05) is 6.92 Å². The van der Waals surface area contributed by atoms with Crippen LogP contribution in [0.5, 0.6) is 0 Å². The highest BCUT2D eigenvalue weighted by Crippen LogP contribution is 2.14. The van der Waals surface area contributed by atoms with E-state index in [1.54, 1.807) is 31.4 Å². The van der Waals surface area contributed by atoms with Crippen LogP contribution in [0.3, 0.4) is 0 Å². The number of carbonyl (C=O) groups is 2. The lowest BCUT2D eigenvalue weighted by atomic mass is 10.2. The third-order valence-electron chi connectivity index (χ3n) is 3.01. The van der Waals surface area contributed by atoms with E-state index in [-0.39, 0.29) is 18.0 Å². The second kappa shape index (κ2) is 10.0. The summed E-state index contributed by atoms with van der Waals surface area (Å²) >= 11 is 5.93. The summed E-state index contributed by atoms with van der Waals surface area (Å²) in [6.45, 7) is 3.07. The van der Waals surface area contributed by atoms with Crippen molar-refractivity contribution in [3.63, 3.8) is 0 Å². The van der Waals surface area contributed by atoms with Crippen LogP contribution in [-0.2, 0) is 4.74 Å². The molecule has 1 rings (SSSR count). The van der Waals surface area contributed by atoms with Gasteiger partial charge in [0.1, 0.15) is 0 Å². The summed E-state index contributed by atoms with van der Waals surface area (Å²) in [5.41, 5.74) is 0.416. The third-order valence-corrected chi connectivity index (χ3v) is 3.34. The molecule has 1 atom stereocenters. The number of amides is 3. The van der Waals surface area contributed by atoms with Gasteiger partial charge in [0.05, 0.1) is 23.2 Å². The molecule has 0 aliphatic carbocycles. The number of methoxy groups -OCH3 is 1. The van der Waals surface area contributed by atoms with Gasteiger partial charge in [-0.25, -0.2) is 4.79 Å². The van der Waals surface area contributed by atoms with Crippen molar-refractivity contribution in [2.24, 2.45) is 0 Å². The maximum absolute atomic E-state index is 11.9. The summed E-state index contributed by atoms with van der Waals surface area (Å²) in [7, 11) is 1.59. The molecule has 0 spiro atoms. The fourth-order valence-electron chi connectivity index (χ4n) is 1.79. The van der Waals surface area contributed by atoms with Gasteiger partial charge in [0.2, 0.25) is 0 Å². The number of nitrogens with one attached hydrogen (secondary N) is 3. The van der Waals surface area contributed by atoms with Crippen molar-refractivity contribution in [1.29, 1.82) is 0 Å². The Labute approximate surface area is 135 Å². The van der Waals surface area contributed by atoms with Gasteiger partial charge >= 0.3 is 6.03 Å². The minimum atomic E-state index is -0.282. The number of halogens is 1. The molecule has 0 saturated carbocycles. The van der Waals surface area contributed by atoms with E-state index in [2.05, 4.69) is 16.0 Å². The lowest BCUT2D eigenvalue weighted by Crippen LogP contribution is -2.45. The molecule has 1 aromatic rings. The van der Waals surface area contributed by atoms with E-state index in [0.717, 1.165) is 6.42 Å². The zero-order valence-electron chi connectivity index (χ0n) is 12.8. The second-order valence-electron chi connectivity index (χ2n) is 4.70. The van der Waals surface area contributed by atoms with Crippen molar-refractivity contribution in [2.45, 2.75) is 19.4 Å². The fraction of sp³-hybridized carbons (Fsp3) is 0.467. The molecule has 3 N–H and O–H groups in total. The van der Waals surface area contributed by atoms with Gasteiger partial charge < -0.3 is 20.7 Å². The number of benzene rings is 1. The van der Waals surface area contributed by atoms with E-state index >= 15 is 0 Å². The van der Waals surface area contributed by atoms with E-state index in [0.29, 0.717) is 30.3 Å². The molecular weight excluding hydrogens is 306 g/mol. The zero-order valence-corrected chi connectivity index (χ0v) is 13.6. The Hall–Kier alpha value is -1.79. The predicted octanol–water partition coefficient (Wildman–Crippen LogP) is 1.79. The number of hydrogen-bond acceptors (Lipinski definition) is 3. The number of urea groups is 1. The smallest absolute Gasteiger partial charge is 0.315 e. The van der Waals surface area contributed by atoms with Crippen molar-refractivity contribution in [2.75, 3.05) is 26.8 Å². The first-order chi connectivity index (χ1) is 10.6. The van der Waals surface area contributed by atoms with Gasteiger partial charge in [0.25, 0.3) is 5.91 Å². The Bertz CT molecular complexity index is 497. The summed E-state index contributed by atoms with van der Waals surface area (Å²) in [4.78, 5) is 23.5. The topological polar surface area (TPSA) is 79.5 Å². The summed E-state index contributed by atoms with van der Waals surface area (Å²) in [5.74, 6) is -0.265. The molecule has 1 aromatic carbocycles. The minimum Gasteiger partial charge on any atom is -0.383 e. The molecule has 0 aliphatic heterocycles. The van der Waals surface area contributed by atoms with E-state index in [9.17, 15) is 9.59 Å². The molecule has 7 heteroatoms. The molecule has 0 saturated heterocycles. The Morgan fingerprint density at radius 1 is 1.23 bits per heavy atom. The molecule has 22 heavy (non-hydrogen) atoms. The molecule has 122 valence electrons. The summed E-state index contributed by atoms with van der Waals surface area (Å²) in [6.07, 6.45) is 0.782. The van der Waals surface area contributed by atoms with Gasteiger partial charge in [-0.3, -0.25) is 4.79 Å². The summed E-state index contributed by atoms with van der Waals surface area (Å²) in [6, 6.07) is 6.50. The largest absolute Gasteiger partial charge is 0.383 e. The highest BCUT2D eigenvalue weighted by molar-refractivity contribution is 6.33. The van der Waals surface area contributed by atoms with E-state index in [4.69, 9.17) is 16.3 Å². The number of rotatable bonds is 8. The Kier molecular flexibility index (Phi) is 8.32. The van der Waals surface area contributed by atoms with Gasteiger partial charge in [0, 0.05) is 20.2 Å². The maximum atomic E-state index is 11.9. The van der Waals surface area contributed by atoms with Crippen LogP contribution in [0.2, 0.25) is 5.02 Å². The average Bonchev–Trinajstić information content (AvgIpc) is 2.51. The summed E-state index contributed by atoms with van der Waals surface area (Å²) in [5, 5.41) is 8.56. The monoisotopic (exact) mass is 327 g/mol. The van der Waals surface area contributed by atoms with Crippen molar-refractivity contribution >= 4 is 23.5 Å². The van der Waals surface area contributed by atoms with Crippen molar-refractivity contribution in [3.8, 4) is 0 Å². The van der Waals surface area contributed by atoms with E-state index < -0.39 is 0 Å². The number of hydrogen-bond donors (Lipinski definition) is 3. The van der Waals surface area contributed by atoms with Crippen molar-refractivity contribution in [3.05, 3.63) is 34.9 Å². The van der Waals surface area contributed by atoms with Crippen LogP contribution >= 0.6 is 11.6 Å². The van der Waals surface area contributed by atoms with Crippen LogP contribution in [0.1, 0.15) is 23.7 Å². The van der Waals surface area contributed by atoms with Crippen LogP contribution < -0.4 is 16.0 Å². The van der Waals surface area contributed by atoms with Crippen molar-refractivity contribution in [1.82, 2.24) is 16.0 Å². The highest BCUT2D eigenvalue weighted by Gasteiger charge is 2.10. The van der Waals surface area contributed by atoms with Crippen LogP contribution in [0, 0.1) is 0 Å². The first-order valence-corrected chi connectivity index (χ1v) is 7.52. The normalized spacial score (nSPS) is 11.6. The summed E-state index contributed by atoms with van der Waals surface area (Å²) < 4.78 is 5.00. The third kappa shape index (κ3) is 6.32. The van der Waals surface area contributed by atoms with Crippen LogP contribution in [-0.4, -0.2) is 44.8 Å². The quantitative estimate of drug-likeness (QED) is 0.637. The van der Waals surface area contributed by atoms with Gasteiger partial charge in [-0.2, -0.15) is 0 Å². The lowest BCUT2D eigenvalue weighted by molar-refractivity contribution is 0.0954. The van der Waals surface area contributed by atoms with Crippen LogP contribution in [0.15, 0.2) is 24.3 Å². The molecule has 0 bridgehead atoms. The molecule has 1 unspecified atom stereocenters. The second-order valence-corrected chi connectivity index (χ2v) is 5.10. The van der Waals surface area contributed by atoms with Gasteiger partial charge in [-0.1, -0.05) is 30.7 Å². The molecule has 0 fully saturated rings. The van der Waals surface area contributed by atoms with Crippen molar-refractivity contribution < 1.29 is 14.3 Å². The Balaban J connectivity index is 2.26. The molecule has 6 nitrogen and oxygen atoms in total. The fourth-order valence-corrected chi connectivity index (χ4v) is 2.01. The molecule has 0 heterocycles. The maximum Gasteiger partial charge on any atom is 0.315 e. The highest BCUT2D eigenvalue weighted by atomic mass is 35.5. The first-order valence-electron chi connectivity index (χ1n) is 7.14. The Morgan fingerprint density at radius 3 is 2.55 bits per heavy atom.